The third-order valence-corrected chi connectivity index (χ3v) is 4.35. The standard InChI is InChI=1S/C19H27N3O3/c1-4-20-18(24)15-6-5-11-22(12-15)19(25)14-7-9-16(10-8-14)21-17(23)13(2)3/h7-10,13,15H,4-6,11-12H2,1-3H3,(H,20,24)(H,21,23). The fourth-order valence-corrected chi connectivity index (χ4v) is 2.86. The highest BCUT2D eigenvalue weighted by Crippen LogP contribution is 2.20. The summed E-state index contributed by atoms with van der Waals surface area (Å²) in [7, 11) is 0. The van der Waals surface area contributed by atoms with Crippen LogP contribution >= 0.6 is 0 Å². The van der Waals surface area contributed by atoms with Gasteiger partial charge in [0.2, 0.25) is 11.8 Å². The molecular formula is C19H27N3O3. The van der Waals surface area contributed by atoms with Gasteiger partial charge in [-0.25, -0.2) is 0 Å². The Morgan fingerprint density at radius 2 is 1.88 bits per heavy atom. The summed E-state index contributed by atoms with van der Waals surface area (Å²) in [6, 6.07) is 6.90. The molecule has 1 heterocycles. The predicted octanol–water partition coefficient (Wildman–Crippen LogP) is 2.27. The van der Waals surface area contributed by atoms with E-state index in [1.807, 2.05) is 20.8 Å². The summed E-state index contributed by atoms with van der Waals surface area (Å²) in [6.45, 7) is 7.27. The molecule has 136 valence electrons. The average Bonchev–Trinajstić information content (AvgIpc) is 2.62. The third-order valence-electron chi connectivity index (χ3n) is 4.35. The summed E-state index contributed by atoms with van der Waals surface area (Å²) in [5.74, 6) is -0.342. The van der Waals surface area contributed by atoms with Gasteiger partial charge in [0.05, 0.1) is 5.92 Å². The summed E-state index contributed by atoms with van der Waals surface area (Å²) in [4.78, 5) is 38.1. The topological polar surface area (TPSA) is 78.5 Å². The number of benzene rings is 1. The monoisotopic (exact) mass is 345 g/mol. The fourth-order valence-electron chi connectivity index (χ4n) is 2.86. The molecule has 0 radical (unpaired) electrons. The number of nitrogens with zero attached hydrogens (tertiary/aromatic N) is 1. The Hall–Kier alpha value is -2.37. The number of carbonyl (C=O) groups excluding carboxylic acids is 3. The first-order valence-electron chi connectivity index (χ1n) is 8.90. The molecule has 2 N–H and O–H groups in total. The van der Waals surface area contributed by atoms with Crippen LogP contribution in [0.5, 0.6) is 0 Å². The van der Waals surface area contributed by atoms with Crippen LogP contribution in [0.3, 0.4) is 0 Å². The van der Waals surface area contributed by atoms with Crippen molar-refractivity contribution in [3.8, 4) is 0 Å². The minimum atomic E-state index is -0.137. The number of carbonyl (C=O) groups is 3. The van der Waals surface area contributed by atoms with E-state index in [2.05, 4.69) is 10.6 Å². The molecule has 0 saturated carbocycles. The van der Waals surface area contributed by atoms with Crippen molar-refractivity contribution in [2.75, 3.05) is 25.0 Å². The molecule has 6 nitrogen and oxygen atoms in total. The number of hydrogen-bond acceptors (Lipinski definition) is 3. The number of likely N-dealkylation sites (tertiary alicyclic amines) is 1. The van der Waals surface area contributed by atoms with Gasteiger partial charge in [0.15, 0.2) is 0 Å². The van der Waals surface area contributed by atoms with E-state index in [1.54, 1.807) is 29.2 Å². The first kappa shape index (κ1) is 19.0. The van der Waals surface area contributed by atoms with E-state index in [-0.39, 0.29) is 29.6 Å². The molecule has 1 aliphatic heterocycles. The van der Waals surface area contributed by atoms with Gasteiger partial charge in [0.1, 0.15) is 0 Å². The van der Waals surface area contributed by atoms with Crippen molar-refractivity contribution in [1.29, 1.82) is 0 Å². The van der Waals surface area contributed by atoms with Crippen molar-refractivity contribution in [2.45, 2.75) is 33.6 Å². The van der Waals surface area contributed by atoms with Gasteiger partial charge in [0, 0.05) is 36.8 Å². The number of rotatable bonds is 5. The van der Waals surface area contributed by atoms with Crippen LogP contribution in [0.2, 0.25) is 0 Å². The van der Waals surface area contributed by atoms with Crippen LogP contribution < -0.4 is 10.6 Å². The Labute approximate surface area is 149 Å². The lowest BCUT2D eigenvalue weighted by Gasteiger charge is -2.32. The molecule has 1 aromatic carbocycles. The molecule has 1 atom stereocenters. The molecule has 1 unspecified atom stereocenters. The quantitative estimate of drug-likeness (QED) is 0.859. The van der Waals surface area contributed by atoms with E-state index >= 15 is 0 Å². The van der Waals surface area contributed by atoms with Crippen LogP contribution in [0.15, 0.2) is 24.3 Å². The Morgan fingerprint density at radius 3 is 2.48 bits per heavy atom. The maximum absolute atomic E-state index is 12.7. The van der Waals surface area contributed by atoms with Crippen molar-refractivity contribution < 1.29 is 14.4 Å². The summed E-state index contributed by atoms with van der Waals surface area (Å²) in [5.41, 5.74) is 1.24. The minimum absolute atomic E-state index is 0.0201. The number of amides is 3. The molecule has 2 rings (SSSR count). The summed E-state index contributed by atoms with van der Waals surface area (Å²) in [6.07, 6.45) is 1.64. The van der Waals surface area contributed by atoms with E-state index in [0.29, 0.717) is 30.9 Å². The highest BCUT2D eigenvalue weighted by Gasteiger charge is 2.28. The van der Waals surface area contributed by atoms with E-state index in [0.717, 1.165) is 12.8 Å². The summed E-state index contributed by atoms with van der Waals surface area (Å²) < 4.78 is 0. The van der Waals surface area contributed by atoms with Gasteiger partial charge in [0.25, 0.3) is 5.91 Å². The second-order valence-corrected chi connectivity index (χ2v) is 6.71. The van der Waals surface area contributed by atoms with Crippen molar-refractivity contribution in [3.63, 3.8) is 0 Å². The molecule has 1 aliphatic rings. The van der Waals surface area contributed by atoms with E-state index in [4.69, 9.17) is 0 Å². The molecule has 3 amide bonds. The van der Waals surface area contributed by atoms with Gasteiger partial charge in [-0.15, -0.1) is 0 Å². The van der Waals surface area contributed by atoms with E-state index in [1.165, 1.54) is 0 Å². The van der Waals surface area contributed by atoms with Crippen LogP contribution in [0.4, 0.5) is 5.69 Å². The smallest absolute Gasteiger partial charge is 0.253 e. The van der Waals surface area contributed by atoms with Gasteiger partial charge in [-0.1, -0.05) is 13.8 Å². The third kappa shape index (κ3) is 5.05. The van der Waals surface area contributed by atoms with Gasteiger partial charge < -0.3 is 15.5 Å². The Bertz CT molecular complexity index is 625. The lowest BCUT2D eigenvalue weighted by Crippen LogP contribution is -2.45. The molecule has 0 aliphatic carbocycles. The molecule has 1 saturated heterocycles. The van der Waals surface area contributed by atoms with E-state index in [9.17, 15) is 14.4 Å². The average molecular weight is 345 g/mol. The highest BCUT2D eigenvalue weighted by atomic mass is 16.2. The molecule has 0 spiro atoms. The van der Waals surface area contributed by atoms with Gasteiger partial charge in [-0.3, -0.25) is 14.4 Å². The first-order chi connectivity index (χ1) is 11.9. The van der Waals surface area contributed by atoms with E-state index < -0.39 is 0 Å². The van der Waals surface area contributed by atoms with Crippen molar-refractivity contribution in [1.82, 2.24) is 10.2 Å². The maximum Gasteiger partial charge on any atom is 0.253 e. The number of nitrogens with one attached hydrogen (secondary N) is 2. The minimum Gasteiger partial charge on any atom is -0.356 e. The Morgan fingerprint density at radius 1 is 1.20 bits per heavy atom. The second kappa shape index (κ2) is 8.65. The zero-order valence-corrected chi connectivity index (χ0v) is 15.2. The largest absolute Gasteiger partial charge is 0.356 e. The molecule has 1 aromatic rings. The lowest BCUT2D eigenvalue weighted by molar-refractivity contribution is -0.126. The lowest BCUT2D eigenvalue weighted by atomic mass is 9.96. The van der Waals surface area contributed by atoms with Gasteiger partial charge in [-0.2, -0.15) is 0 Å². The predicted molar refractivity (Wildman–Crippen MR) is 97.2 cm³/mol. The van der Waals surface area contributed by atoms with Crippen LogP contribution in [0, 0.1) is 11.8 Å². The SMILES string of the molecule is CCNC(=O)C1CCCN(C(=O)c2ccc(NC(=O)C(C)C)cc2)C1. The number of piperidine rings is 1. The summed E-state index contributed by atoms with van der Waals surface area (Å²) >= 11 is 0. The van der Waals surface area contributed by atoms with Crippen LogP contribution in [-0.4, -0.2) is 42.3 Å². The zero-order valence-electron chi connectivity index (χ0n) is 15.2. The maximum atomic E-state index is 12.7. The second-order valence-electron chi connectivity index (χ2n) is 6.71. The van der Waals surface area contributed by atoms with Crippen molar-refractivity contribution in [3.05, 3.63) is 29.8 Å². The van der Waals surface area contributed by atoms with Crippen LogP contribution in [0.1, 0.15) is 44.0 Å². The van der Waals surface area contributed by atoms with Gasteiger partial charge >= 0.3 is 0 Å². The normalized spacial score (nSPS) is 17.3. The number of anilines is 1. The van der Waals surface area contributed by atoms with Crippen molar-refractivity contribution in [2.24, 2.45) is 11.8 Å². The molecule has 6 heteroatoms. The highest BCUT2D eigenvalue weighted by molar-refractivity contribution is 5.96. The van der Waals surface area contributed by atoms with Crippen molar-refractivity contribution >= 4 is 23.4 Å². The number of hydrogen-bond donors (Lipinski definition) is 2. The molecular weight excluding hydrogens is 318 g/mol. The molecule has 0 bridgehead atoms. The Balaban J connectivity index is 2.00. The van der Waals surface area contributed by atoms with Crippen LogP contribution in [0.25, 0.3) is 0 Å². The first-order valence-corrected chi connectivity index (χ1v) is 8.90. The summed E-state index contributed by atoms with van der Waals surface area (Å²) in [5, 5.41) is 5.64. The van der Waals surface area contributed by atoms with Crippen LogP contribution in [-0.2, 0) is 9.59 Å². The molecule has 1 fully saturated rings. The fraction of sp³-hybridized carbons (Fsp3) is 0.526. The van der Waals surface area contributed by atoms with Gasteiger partial charge in [-0.05, 0) is 44.0 Å². The molecule has 25 heavy (non-hydrogen) atoms. The Kier molecular flexibility index (Phi) is 6.56. The zero-order chi connectivity index (χ0) is 18.4. The molecule has 0 aromatic heterocycles.